The quantitative estimate of drug-likeness (QED) is 0.537. The van der Waals surface area contributed by atoms with Gasteiger partial charge in [0.2, 0.25) is 0 Å². The van der Waals surface area contributed by atoms with E-state index in [0.29, 0.717) is 30.0 Å². The number of benzene rings is 2. The molecule has 0 aliphatic carbocycles. The number of nitrogens with one attached hydrogen (secondary N) is 3. The number of carbonyl (C=O) groups excluding carboxylic acids is 2. The summed E-state index contributed by atoms with van der Waals surface area (Å²) in [6.07, 6.45) is 0. The molecule has 0 saturated carbocycles. The second kappa shape index (κ2) is 9.65. The maximum Gasteiger partial charge on any atom is 0.257 e. The van der Waals surface area contributed by atoms with Crippen molar-refractivity contribution < 1.29 is 14.3 Å². The van der Waals surface area contributed by atoms with Gasteiger partial charge in [-0.1, -0.05) is 23.8 Å². The van der Waals surface area contributed by atoms with Crippen LogP contribution in [-0.2, 0) is 4.74 Å². The number of hydrogen-bond donors (Lipinski definition) is 3. The predicted octanol–water partition coefficient (Wildman–Crippen LogP) is 2.50. The van der Waals surface area contributed by atoms with Gasteiger partial charge in [0.15, 0.2) is 5.11 Å². The van der Waals surface area contributed by atoms with Crippen LogP contribution in [-0.4, -0.2) is 37.2 Å². The topological polar surface area (TPSA) is 79.5 Å². The zero-order valence-corrected chi connectivity index (χ0v) is 15.5. The van der Waals surface area contributed by atoms with Crippen LogP contribution in [0.3, 0.4) is 0 Å². The van der Waals surface area contributed by atoms with Gasteiger partial charge in [0.05, 0.1) is 6.61 Å². The molecule has 0 bridgehead atoms. The minimum absolute atomic E-state index is 0.160. The highest BCUT2D eigenvalue weighted by Gasteiger charge is 2.09. The van der Waals surface area contributed by atoms with Gasteiger partial charge >= 0.3 is 0 Å². The minimum atomic E-state index is -0.295. The number of methoxy groups -OCH3 is 1. The van der Waals surface area contributed by atoms with E-state index >= 15 is 0 Å². The molecule has 6 nitrogen and oxygen atoms in total. The molecule has 0 spiro atoms. The maximum absolute atomic E-state index is 12.2. The minimum Gasteiger partial charge on any atom is -0.383 e. The van der Waals surface area contributed by atoms with Gasteiger partial charge in [-0.25, -0.2) is 0 Å². The average Bonchev–Trinajstić information content (AvgIpc) is 2.62. The number of thiocarbonyl (C=S) groups is 1. The fraction of sp³-hybridized carbons (Fsp3) is 0.211. The van der Waals surface area contributed by atoms with E-state index < -0.39 is 0 Å². The third kappa shape index (κ3) is 5.94. The fourth-order valence-corrected chi connectivity index (χ4v) is 2.36. The molecule has 3 N–H and O–H groups in total. The van der Waals surface area contributed by atoms with Gasteiger partial charge < -0.3 is 15.4 Å². The van der Waals surface area contributed by atoms with E-state index in [9.17, 15) is 9.59 Å². The Morgan fingerprint density at radius 3 is 2.46 bits per heavy atom. The number of anilines is 1. The zero-order chi connectivity index (χ0) is 18.9. The van der Waals surface area contributed by atoms with Gasteiger partial charge in [-0.15, -0.1) is 0 Å². The number of rotatable bonds is 6. The van der Waals surface area contributed by atoms with Crippen molar-refractivity contribution in [1.82, 2.24) is 10.6 Å². The monoisotopic (exact) mass is 371 g/mol. The number of aryl methyl sites for hydroxylation is 1. The van der Waals surface area contributed by atoms with Crippen molar-refractivity contribution in [3.05, 3.63) is 65.2 Å². The Morgan fingerprint density at radius 2 is 1.77 bits per heavy atom. The molecule has 0 saturated heterocycles. The highest BCUT2D eigenvalue weighted by molar-refractivity contribution is 7.80. The summed E-state index contributed by atoms with van der Waals surface area (Å²) in [5.74, 6) is -0.503. The summed E-state index contributed by atoms with van der Waals surface area (Å²) in [5, 5.41) is 8.43. The summed E-state index contributed by atoms with van der Waals surface area (Å²) in [6, 6.07) is 14.0. The molecule has 2 aromatic rings. The van der Waals surface area contributed by atoms with Crippen molar-refractivity contribution in [1.29, 1.82) is 0 Å². The number of hydrogen-bond acceptors (Lipinski definition) is 4. The van der Waals surface area contributed by atoms with E-state index in [1.54, 1.807) is 43.5 Å². The molecule has 26 heavy (non-hydrogen) atoms. The number of carbonyl (C=O) groups is 2. The highest BCUT2D eigenvalue weighted by atomic mass is 32.1. The lowest BCUT2D eigenvalue weighted by Crippen LogP contribution is -2.34. The van der Waals surface area contributed by atoms with E-state index in [4.69, 9.17) is 17.0 Å². The standard InChI is InChI=1S/C19H21N3O3S/c1-13-6-8-14(9-7-13)18(24)22-19(26)21-16-5-3-4-15(12-16)17(23)20-10-11-25-2/h3-9,12H,10-11H2,1-2H3,(H,20,23)(H2,21,22,24,26). The molecule has 2 amide bonds. The molecule has 0 unspecified atom stereocenters. The van der Waals surface area contributed by atoms with Gasteiger partial charge in [0.25, 0.3) is 11.8 Å². The molecular weight excluding hydrogens is 350 g/mol. The van der Waals surface area contributed by atoms with Crippen LogP contribution in [0.1, 0.15) is 26.3 Å². The van der Waals surface area contributed by atoms with Crippen LogP contribution < -0.4 is 16.0 Å². The Kier molecular flexibility index (Phi) is 7.25. The first-order valence-electron chi connectivity index (χ1n) is 8.06. The van der Waals surface area contributed by atoms with Crippen LogP contribution in [0.25, 0.3) is 0 Å². The Bertz CT molecular complexity index is 791. The summed E-state index contributed by atoms with van der Waals surface area (Å²) in [6.45, 7) is 2.82. The van der Waals surface area contributed by atoms with Gasteiger partial charge in [-0.05, 0) is 49.5 Å². The van der Waals surface area contributed by atoms with Crippen molar-refractivity contribution in [2.24, 2.45) is 0 Å². The largest absolute Gasteiger partial charge is 0.383 e. The second-order valence-corrected chi connectivity index (χ2v) is 6.01. The summed E-state index contributed by atoms with van der Waals surface area (Å²) < 4.78 is 4.90. The molecule has 0 aromatic heterocycles. The van der Waals surface area contributed by atoms with E-state index in [2.05, 4.69) is 16.0 Å². The lowest BCUT2D eigenvalue weighted by atomic mass is 10.1. The molecule has 7 heteroatoms. The van der Waals surface area contributed by atoms with Crippen molar-refractivity contribution in [3.8, 4) is 0 Å². The molecule has 0 aliphatic rings. The van der Waals surface area contributed by atoms with E-state index in [-0.39, 0.29) is 16.9 Å². The Balaban J connectivity index is 1.94. The summed E-state index contributed by atoms with van der Waals surface area (Å²) in [7, 11) is 1.57. The number of ether oxygens (including phenoxy) is 1. The third-order valence-corrected chi connectivity index (χ3v) is 3.72. The van der Waals surface area contributed by atoms with Gasteiger partial charge in [-0.3, -0.25) is 14.9 Å². The molecule has 0 aliphatic heterocycles. The van der Waals surface area contributed by atoms with Crippen molar-refractivity contribution in [2.75, 3.05) is 25.6 Å². The van der Waals surface area contributed by atoms with Gasteiger partial charge in [0.1, 0.15) is 0 Å². The van der Waals surface area contributed by atoms with Crippen LogP contribution >= 0.6 is 12.2 Å². The normalized spacial score (nSPS) is 10.1. The molecule has 0 fully saturated rings. The lowest BCUT2D eigenvalue weighted by Gasteiger charge is -2.11. The Morgan fingerprint density at radius 1 is 1.04 bits per heavy atom. The fourth-order valence-electron chi connectivity index (χ4n) is 2.15. The highest BCUT2D eigenvalue weighted by Crippen LogP contribution is 2.11. The summed E-state index contributed by atoms with van der Waals surface area (Å²) in [5.41, 5.74) is 2.69. The first-order valence-corrected chi connectivity index (χ1v) is 8.46. The first kappa shape index (κ1) is 19.6. The van der Waals surface area contributed by atoms with Crippen molar-refractivity contribution >= 4 is 34.8 Å². The zero-order valence-electron chi connectivity index (χ0n) is 14.7. The van der Waals surface area contributed by atoms with Crippen LogP contribution in [0, 0.1) is 6.92 Å². The van der Waals surface area contributed by atoms with Crippen LogP contribution in [0.15, 0.2) is 48.5 Å². The van der Waals surface area contributed by atoms with E-state index in [0.717, 1.165) is 5.56 Å². The molecular formula is C19H21N3O3S. The Labute approximate surface area is 157 Å². The van der Waals surface area contributed by atoms with Crippen molar-refractivity contribution in [2.45, 2.75) is 6.92 Å². The average molecular weight is 371 g/mol. The SMILES string of the molecule is COCCNC(=O)c1cccc(NC(=S)NC(=O)c2ccc(C)cc2)c1. The predicted molar refractivity (Wildman–Crippen MR) is 106 cm³/mol. The van der Waals surface area contributed by atoms with Crippen LogP contribution in [0.5, 0.6) is 0 Å². The lowest BCUT2D eigenvalue weighted by molar-refractivity contribution is 0.0935. The molecule has 0 heterocycles. The molecule has 2 rings (SSSR count). The smallest absolute Gasteiger partial charge is 0.257 e. The Hall–Kier alpha value is -2.77. The van der Waals surface area contributed by atoms with Crippen LogP contribution in [0.4, 0.5) is 5.69 Å². The summed E-state index contributed by atoms with van der Waals surface area (Å²) >= 11 is 5.17. The number of amides is 2. The molecule has 136 valence electrons. The van der Waals surface area contributed by atoms with Gasteiger partial charge in [-0.2, -0.15) is 0 Å². The maximum atomic E-state index is 12.2. The third-order valence-electron chi connectivity index (χ3n) is 3.52. The van der Waals surface area contributed by atoms with Crippen LogP contribution in [0.2, 0.25) is 0 Å². The van der Waals surface area contributed by atoms with E-state index in [1.807, 2.05) is 19.1 Å². The van der Waals surface area contributed by atoms with Crippen molar-refractivity contribution in [3.63, 3.8) is 0 Å². The summed E-state index contributed by atoms with van der Waals surface area (Å²) in [4.78, 5) is 24.2. The van der Waals surface area contributed by atoms with Gasteiger partial charge in [0, 0.05) is 30.5 Å². The van der Waals surface area contributed by atoms with E-state index in [1.165, 1.54) is 0 Å². The first-order chi connectivity index (χ1) is 12.5. The second-order valence-electron chi connectivity index (χ2n) is 5.60. The molecule has 0 atom stereocenters. The molecule has 0 radical (unpaired) electrons. The molecule has 2 aromatic carbocycles.